The molecule has 0 aliphatic heterocycles. The van der Waals surface area contributed by atoms with E-state index in [9.17, 15) is 21.6 Å². The number of benzene rings is 3. The van der Waals surface area contributed by atoms with Gasteiger partial charge < -0.3 is 5.32 Å². The molecule has 0 bridgehead atoms. The van der Waals surface area contributed by atoms with Gasteiger partial charge in [0.25, 0.3) is 15.9 Å². The van der Waals surface area contributed by atoms with Crippen molar-refractivity contribution >= 4 is 31.5 Å². The summed E-state index contributed by atoms with van der Waals surface area (Å²) >= 11 is 0. The molecule has 0 saturated carbocycles. The van der Waals surface area contributed by atoms with Gasteiger partial charge in [-0.05, 0) is 67.9 Å². The van der Waals surface area contributed by atoms with Crippen molar-refractivity contribution in [2.75, 3.05) is 17.6 Å². The Balaban J connectivity index is 1.71. The van der Waals surface area contributed by atoms with E-state index in [-0.39, 0.29) is 21.7 Å². The van der Waals surface area contributed by atoms with Crippen LogP contribution in [0.5, 0.6) is 0 Å². The lowest BCUT2D eigenvalue weighted by atomic mass is 10.1. The van der Waals surface area contributed by atoms with Gasteiger partial charge in [0.15, 0.2) is 9.84 Å². The molecule has 0 aromatic heterocycles. The Labute approximate surface area is 195 Å². The van der Waals surface area contributed by atoms with Gasteiger partial charge >= 0.3 is 0 Å². The molecule has 9 heteroatoms. The highest BCUT2D eigenvalue weighted by Crippen LogP contribution is 2.23. The lowest BCUT2D eigenvalue weighted by Crippen LogP contribution is -2.28. The Hall–Kier alpha value is -3.17. The van der Waals surface area contributed by atoms with Crippen molar-refractivity contribution in [1.82, 2.24) is 5.32 Å². The smallest absolute Gasteiger partial charge is 0.264 e. The molecule has 174 valence electrons. The van der Waals surface area contributed by atoms with Crippen molar-refractivity contribution < 1.29 is 21.6 Å². The Kier molecular flexibility index (Phi) is 6.94. The summed E-state index contributed by atoms with van der Waals surface area (Å²) in [5.41, 5.74) is 2.53. The number of sulfone groups is 1. The number of amides is 1. The van der Waals surface area contributed by atoms with Gasteiger partial charge in [0, 0.05) is 18.9 Å². The maximum absolute atomic E-state index is 12.9. The predicted octanol–water partition coefficient (Wildman–Crippen LogP) is 3.71. The molecule has 0 aliphatic rings. The van der Waals surface area contributed by atoms with Crippen molar-refractivity contribution in [2.24, 2.45) is 0 Å². The van der Waals surface area contributed by atoms with Crippen molar-refractivity contribution in [3.8, 4) is 0 Å². The van der Waals surface area contributed by atoms with Crippen LogP contribution in [0.15, 0.2) is 82.6 Å². The van der Waals surface area contributed by atoms with E-state index in [4.69, 9.17) is 0 Å². The molecule has 0 radical (unpaired) electrons. The van der Waals surface area contributed by atoms with Crippen LogP contribution in [-0.4, -0.2) is 36.0 Å². The molecule has 0 heterocycles. The molecular weight excluding hydrogens is 460 g/mol. The minimum absolute atomic E-state index is 0.188. The topological polar surface area (TPSA) is 101 Å². The second-order valence-electron chi connectivity index (χ2n) is 7.87. The maximum atomic E-state index is 12.9. The lowest BCUT2D eigenvalue weighted by Gasteiger charge is -2.20. The minimum Gasteiger partial charge on any atom is -0.346 e. The van der Waals surface area contributed by atoms with E-state index >= 15 is 0 Å². The molecular formula is C24H26N2O5S2. The minimum atomic E-state index is -3.72. The van der Waals surface area contributed by atoms with Crippen LogP contribution in [-0.2, 0) is 19.9 Å². The van der Waals surface area contributed by atoms with Crippen molar-refractivity contribution in [1.29, 1.82) is 0 Å². The molecule has 0 aliphatic carbocycles. The number of anilines is 1. The number of aryl methyl sites for hydroxylation is 1. The van der Waals surface area contributed by atoms with Crippen LogP contribution in [0, 0.1) is 6.92 Å². The Morgan fingerprint density at radius 2 is 1.33 bits per heavy atom. The average molecular weight is 487 g/mol. The van der Waals surface area contributed by atoms with Gasteiger partial charge in [-0.3, -0.25) is 9.10 Å². The fourth-order valence-corrected chi connectivity index (χ4v) is 5.02. The number of hydrogen-bond donors (Lipinski definition) is 1. The number of hydrogen-bond acceptors (Lipinski definition) is 5. The summed E-state index contributed by atoms with van der Waals surface area (Å²) in [5.74, 6) is -0.328. The molecule has 1 atom stereocenters. The fraction of sp³-hybridized carbons (Fsp3) is 0.208. The third kappa shape index (κ3) is 5.61. The van der Waals surface area contributed by atoms with E-state index in [1.807, 2.05) is 6.92 Å². The second-order valence-corrected chi connectivity index (χ2v) is 11.9. The third-order valence-electron chi connectivity index (χ3n) is 5.33. The molecule has 33 heavy (non-hydrogen) atoms. The number of nitrogens with zero attached hydrogens (tertiary/aromatic N) is 1. The zero-order valence-corrected chi connectivity index (χ0v) is 20.4. The normalized spacial score (nSPS) is 12.7. The summed E-state index contributed by atoms with van der Waals surface area (Å²) in [4.78, 5) is 13.0. The molecule has 0 unspecified atom stereocenters. The van der Waals surface area contributed by atoms with E-state index in [1.165, 1.54) is 23.5 Å². The summed E-state index contributed by atoms with van der Waals surface area (Å²) < 4.78 is 50.1. The monoisotopic (exact) mass is 486 g/mol. The van der Waals surface area contributed by atoms with Gasteiger partial charge in [-0.15, -0.1) is 0 Å². The van der Waals surface area contributed by atoms with Crippen molar-refractivity contribution in [3.05, 3.63) is 89.5 Å². The quantitative estimate of drug-likeness (QED) is 0.549. The molecule has 0 saturated heterocycles. The van der Waals surface area contributed by atoms with Crippen molar-refractivity contribution in [2.45, 2.75) is 29.7 Å². The molecule has 0 fully saturated rings. The van der Waals surface area contributed by atoms with E-state index in [0.29, 0.717) is 11.3 Å². The summed E-state index contributed by atoms with van der Waals surface area (Å²) in [5, 5.41) is 2.86. The first-order valence-electron chi connectivity index (χ1n) is 10.2. The van der Waals surface area contributed by atoms with Crippen molar-refractivity contribution in [3.63, 3.8) is 0 Å². The van der Waals surface area contributed by atoms with E-state index in [0.717, 1.165) is 17.4 Å². The zero-order valence-electron chi connectivity index (χ0n) is 18.8. The number of carbonyl (C=O) groups excluding carboxylic acids is 1. The highest BCUT2D eigenvalue weighted by atomic mass is 32.2. The van der Waals surface area contributed by atoms with Gasteiger partial charge in [-0.1, -0.05) is 29.8 Å². The van der Waals surface area contributed by atoms with E-state index in [2.05, 4.69) is 5.32 Å². The lowest BCUT2D eigenvalue weighted by molar-refractivity contribution is 0.0940. The number of nitrogens with one attached hydrogen (secondary N) is 1. The van der Waals surface area contributed by atoms with Crippen LogP contribution >= 0.6 is 0 Å². The first-order chi connectivity index (χ1) is 15.4. The van der Waals surface area contributed by atoms with Crippen LogP contribution in [0.4, 0.5) is 5.69 Å². The Morgan fingerprint density at radius 1 is 0.818 bits per heavy atom. The number of rotatable bonds is 7. The predicted molar refractivity (Wildman–Crippen MR) is 129 cm³/mol. The van der Waals surface area contributed by atoms with Gasteiger partial charge in [-0.25, -0.2) is 16.8 Å². The third-order valence-corrected chi connectivity index (χ3v) is 8.26. The molecule has 1 amide bonds. The fourth-order valence-electron chi connectivity index (χ4n) is 3.20. The van der Waals surface area contributed by atoms with Crippen LogP contribution in [0.25, 0.3) is 0 Å². The molecule has 3 aromatic rings. The van der Waals surface area contributed by atoms with Crippen LogP contribution in [0.2, 0.25) is 0 Å². The number of carbonyl (C=O) groups is 1. The number of sulfonamides is 1. The molecule has 3 rings (SSSR count). The molecule has 1 N–H and O–H groups in total. The first kappa shape index (κ1) is 24.5. The molecule has 3 aromatic carbocycles. The Morgan fingerprint density at radius 3 is 1.85 bits per heavy atom. The van der Waals surface area contributed by atoms with Gasteiger partial charge in [0.1, 0.15) is 0 Å². The molecule has 7 nitrogen and oxygen atoms in total. The van der Waals surface area contributed by atoms with Crippen LogP contribution in [0.1, 0.15) is 34.5 Å². The van der Waals surface area contributed by atoms with E-state index in [1.54, 1.807) is 67.6 Å². The standard InChI is InChI=1S/C24H26N2O5S2/c1-17-5-13-23(14-6-17)33(30,31)26(3)21-11-7-20(8-12-21)24(27)25-18(2)19-9-15-22(16-10-19)32(4,28)29/h5-16,18H,1-4H3,(H,25,27)/t18-/m0/s1. The largest absolute Gasteiger partial charge is 0.346 e. The van der Waals surface area contributed by atoms with Gasteiger partial charge in [-0.2, -0.15) is 0 Å². The van der Waals surface area contributed by atoms with Crippen LogP contribution < -0.4 is 9.62 Å². The summed E-state index contributed by atoms with van der Waals surface area (Å²) in [6.45, 7) is 3.68. The summed E-state index contributed by atoms with van der Waals surface area (Å²) in [6.07, 6.45) is 1.14. The first-order valence-corrected chi connectivity index (χ1v) is 13.5. The van der Waals surface area contributed by atoms with Crippen LogP contribution in [0.3, 0.4) is 0 Å². The van der Waals surface area contributed by atoms with Gasteiger partial charge in [0.2, 0.25) is 0 Å². The van der Waals surface area contributed by atoms with E-state index < -0.39 is 19.9 Å². The second kappa shape index (κ2) is 9.36. The summed E-state index contributed by atoms with van der Waals surface area (Å²) in [7, 11) is -5.54. The highest BCUT2D eigenvalue weighted by Gasteiger charge is 2.21. The zero-order chi connectivity index (χ0) is 24.4. The summed E-state index contributed by atoms with van der Waals surface area (Å²) in [6, 6.07) is 18.9. The Bertz CT molecular complexity index is 1350. The van der Waals surface area contributed by atoms with Gasteiger partial charge in [0.05, 0.1) is 21.5 Å². The molecule has 0 spiro atoms. The average Bonchev–Trinajstić information content (AvgIpc) is 2.78. The highest BCUT2D eigenvalue weighted by molar-refractivity contribution is 7.92. The maximum Gasteiger partial charge on any atom is 0.264 e. The SMILES string of the molecule is Cc1ccc(S(=O)(=O)N(C)c2ccc(C(=O)N[C@@H](C)c3ccc(S(C)(=O)=O)cc3)cc2)cc1.